The topological polar surface area (TPSA) is 46.3 Å². The maximum absolute atomic E-state index is 12.7. The third-order valence-corrected chi connectivity index (χ3v) is 4.05. The number of hydrogen-bond donors (Lipinski definition) is 1. The van der Waals surface area contributed by atoms with Crippen molar-refractivity contribution in [3.63, 3.8) is 0 Å². The van der Waals surface area contributed by atoms with Gasteiger partial charge in [0.2, 0.25) is 0 Å². The third kappa shape index (κ3) is 3.85. The molecule has 2 aromatic carbocycles. The molecule has 21 heavy (non-hydrogen) atoms. The van der Waals surface area contributed by atoms with Gasteiger partial charge in [-0.1, -0.05) is 30.3 Å². The zero-order chi connectivity index (χ0) is 15.4. The van der Waals surface area contributed by atoms with E-state index in [1.165, 1.54) is 0 Å². The van der Waals surface area contributed by atoms with Crippen molar-refractivity contribution in [2.45, 2.75) is 26.4 Å². The Kier molecular flexibility index (Phi) is 5.02. The van der Waals surface area contributed by atoms with Crippen LogP contribution in [0.3, 0.4) is 0 Å². The lowest BCUT2D eigenvalue weighted by molar-refractivity contribution is 0.0690. The number of carbonyl (C=O) groups excluding carboxylic acids is 1. The van der Waals surface area contributed by atoms with Crippen molar-refractivity contribution in [2.24, 2.45) is 0 Å². The van der Waals surface area contributed by atoms with E-state index in [0.29, 0.717) is 17.8 Å². The minimum Gasteiger partial charge on any atom is -0.398 e. The van der Waals surface area contributed by atoms with Gasteiger partial charge in [0.1, 0.15) is 0 Å². The molecular formula is C17H19BrN2O. The van der Waals surface area contributed by atoms with Crippen LogP contribution in [0.4, 0.5) is 5.69 Å². The number of carbonyl (C=O) groups is 1. The van der Waals surface area contributed by atoms with Gasteiger partial charge in [-0.25, -0.2) is 0 Å². The van der Waals surface area contributed by atoms with E-state index in [-0.39, 0.29) is 11.9 Å². The van der Waals surface area contributed by atoms with Gasteiger partial charge in [-0.05, 0) is 53.5 Å². The summed E-state index contributed by atoms with van der Waals surface area (Å²) in [5.74, 6) is -0.00643. The molecule has 3 nitrogen and oxygen atoms in total. The van der Waals surface area contributed by atoms with Crippen LogP contribution < -0.4 is 5.73 Å². The molecule has 110 valence electrons. The first-order valence-electron chi connectivity index (χ1n) is 6.89. The Balaban J connectivity index is 2.25. The SMILES string of the molecule is CC(C)N(Cc1ccccc1)C(=O)c1ccc(Br)c(N)c1. The lowest BCUT2D eigenvalue weighted by atomic mass is 10.1. The van der Waals surface area contributed by atoms with Crippen molar-refractivity contribution in [3.8, 4) is 0 Å². The number of amides is 1. The van der Waals surface area contributed by atoms with Crippen LogP contribution in [0.15, 0.2) is 53.0 Å². The minimum atomic E-state index is -0.00643. The zero-order valence-corrected chi connectivity index (χ0v) is 13.8. The summed E-state index contributed by atoms with van der Waals surface area (Å²) in [5, 5.41) is 0. The van der Waals surface area contributed by atoms with Crippen LogP contribution in [0.1, 0.15) is 29.8 Å². The summed E-state index contributed by atoms with van der Waals surface area (Å²) in [4.78, 5) is 14.6. The van der Waals surface area contributed by atoms with Gasteiger partial charge >= 0.3 is 0 Å². The lowest BCUT2D eigenvalue weighted by Gasteiger charge is -2.27. The molecule has 0 fully saturated rings. The molecule has 0 aliphatic carbocycles. The monoisotopic (exact) mass is 346 g/mol. The van der Waals surface area contributed by atoms with Crippen LogP contribution in [-0.4, -0.2) is 16.8 Å². The van der Waals surface area contributed by atoms with Crippen LogP contribution in [0.25, 0.3) is 0 Å². The van der Waals surface area contributed by atoms with Gasteiger partial charge in [0.05, 0.1) is 0 Å². The normalized spacial score (nSPS) is 10.7. The Morgan fingerprint density at radius 2 is 1.86 bits per heavy atom. The third-order valence-electron chi connectivity index (χ3n) is 3.32. The standard InChI is InChI=1S/C17H19BrN2O/c1-12(2)20(11-13-6-4-3-5-7-13)17(21)14-8-9-15(18)16(19)10-14/h3-10,12H,11,19H2,1-2H3. The Morgan fingerprint density at radius 1 is 1.19 bits per heavy atom. The summed E-state index contributed by atoms with van der Waals surface area (Å²) in [6.45, 7) is 4.62. The van der Waals surface area contributed by atoms with Crippen LogP contribution in [-0.2, 0) is 6.54 Å². The predicted molar refractivity (Wildman–Crippen MR) is 90.0 cm³/mol. The van der Waals surface area contributed by atoms with E-state index in [2.05, 4.69) is 15.9 Å². The number of benzene rings is 2. The van der Waals surface area contributed by atoms with Gasteiger partial charge < -0.3 is 10.6 Å². The second kappa shape index (κ2) is 6.76. The molecular weight excluding hydrogens is 328 g/mol. The highest BCUT2D eigenvalue weighted by Crippen LogP contribution is 2.22. The summed E-state index contributed by atoms with van der Waals surface area (Å²) < 4.78 is 0.804. The molecule has 0 aromatic heterocycles. The zero-order valence-electron chi connectivity index (χ0n) is 12.2. The van der Waals surface area contributed by atoms with E-state index in [4.69, 9.17) is 5.73 Å². The fraction of sp³-hybridized carbons (Fsp3) is 0.235. The summed E-state index contributed by atoms with van der Waals surface area (Å²) >= 11 is 3.35. The molecule has 0 aliphatic heterocycles. The fourth-order valence-corrected chi connectivity index (χ4v) is 2.36. The second-order valence-electron chi connectivity index (χ2n) is 5.25. The van der Waals surface area contributed by atoms with Gasteiger partial charge in [-0.3, -0.25) is 4.79 Å². The van der Waals surface area contributed by atoms with Gasteiger partial charge in [-0.15, -0.1) is 0 Å². The van der Waals surface area contributed by atoms with Gasteiger partial charge in [0.25, 0.3) is 5.91 Å². The minimum absolute atomic E-state index is 0.00643. The van der Waals surface area contributed by atoms with Crippen molar-refractivity contribution >= 4 is 27.5 Å². The molecule has 0 bridgehead atoms. The second-order valence-corrected chi connectivity index (χ2v) is 6.10. The highest BCUT2D eigenvalue weighted by molar-refractivity contribution is 9.10. The molecule has 0 saturated heterocycles. The van der Waals surface area contributed by atoms with Crippen molar-refractivity contribution in [1.82, 2.24) is 4.90 Å². The first kappa shape index (κ1) is 15.6. The molecule has 2 aromatic rings. The molecule has 0 unspecified atom stereocenters. The molecule has 0 atom stereocenters. The number of hydrogen-bond acceptors (Lipinski definition) is 2. The van der Waals surface area contributed by atoms with Crippen LogP contribution in [0.5, 0.6) is 0 Å². The Bertz CT molecular complexity index is 626. The molecule has 0 saturated carbocycles. The maximum atomic E-state index is 12.7. The van der Waals surface area contributed by atoms with Crippen LogP contribution in [0, 0.1) is 0 Å². The Morgan fingerprint density at radius 3 is 2.43 bits per heavy atom. The molecule has 2 rings (SSSR count). The summed E-state index contributed by atoms with van der Waals surface area (Å²) in [6.07, 6.45) is 0. The average molecular weight is 347 g/mol. The number of nitrogens with two attached hydrogens (primary N) is 1. The van der Waals surface area contributed by atoms with Gasteiger partial charge in [0, 0.05) is 28.3 Å². The number of nitrogen functional groups attached to an aromatic ring is 1. The average Bonchev–Trinajstić information content (AvgIpc) is 2.47. The molecule has 0 spiro atoms. The molecule has 0 aliphatic rings. The van der Waals surface area contributed by atoms with E-state index in [0.717, 1.165) is 10.0 Å². The van der Waals surface area contributed by atoms with Crippen molar-refractivity contribution in [2.75, 3.05) is 5.73 Å². The Labute approximate surface area is 133 Å². The van der Waals surface area contributed by atoms with E-state index >= 15 is 0 Å². The predicted octanol–water partition coefficient (Wildman–Crippen LogP) is 4.08. The first-order valence-corrected chi connectivity index (χ1v) is 7.68. The molecule has 0 radical (unpaired) electrons. The van der Waals surface area contributed by atoms with E-state index in [9.17, 15) is 4.79 Å². The summed E-state index contributed by atoms with van der Waals surface area (Å²) in [5.41, 5.74) is 8.17. The van der Waals surface area contributed by atoms with Gasteiger partial charge in [0.15, 0.2) is 0 Å². The quantitative estimate of drug-likeness (QED) is 0.847. The number of rotatable bonds is 4. The maximum Gasteiger partial charge on any atom is 0.254 e. The number of halogens is 1. The summed E-state index contributed by atoms with van der Waals surface area (Å²) in [6, 6.07) is 15.4. The van der Waals surface area contributed by atoms with Crippen molar-refractivity contribution in [1.29, 1.82) is 0 Å². The van der Waals surface area contributed by atoms with E-state index in [1.54, 1.807) is 12.1 Å². The van der Waals surface area contributed by atoms with Crippen LogP contribution in [0.2, 0.25) is 0 Å². The number of anilines is 1. The van der Waals surface area contributed by atoms with Crippen LogP contribution >= 0.6 is 15.9 Å². The van der Waals surface area contributed by atoms with E-state index < -0.39 is 0 Å². The summed E-state index contributed by atoms with van der Waals surface area (Å²) in [7, 11) is 0. The molecule has 4 heteroatoms. The lowest BCUT2D eigenvalue weighted by Crippen LogP contribution is -2.36. The Hall–Kier alpha value is -1.81. The first-order chi connectivity index (χ1) is 9.99. The highest BCUT2D eigenvalue weighted by atomic mass is 79.9. The molecule has 0 heterocycles. The van der Waals surface area contributed by atoms with Gasteiger partial charge in [-0.2, -0.15) is 0 Å². The number of nitrogens with zero attached hydrogens (tertiary/aromatic N) is 1. The van der Waals surface area contributed by atoms with Crippen molar-refractivity contribution < 1.29 is 4.79 Å². The van der Waals surface area contributed by atoms with Crippen molar-refractivity contribution in [3.05, 3.63) is 64.1 Å². The molecule has 1 amide bonds. The van der Waals surface area contributed by atoms with E-state index in [1.807, 2.05) is 55.1 Å². The highest BCUT2D eigenvalue weighted by Gasteiger charge is 2.19. The smallest absolute Gasteiger partial charge is 0.254 e. The largest absolute Gasteiger partial charge is 0.398 e. The molecule has 2 N–H and O–H groups in total. The fourth-order valence-electron chi connectivity index (χ4n) is 2.11.